The van der Waals surface area contributed by atoms with Crippen molar-refractivity contribution in [3.63, 3.8) is 0 Å². The number of ether oxygens (including phenoxy) is 1. The summed E-state index contributed by atoms with van der Waals surface area (Å²) in [6.45, 7) is 7.08. The van der Waals surface area contributed by atoms with Crippen LogP contribution in [0.2, 0.25) is 0 Å². The summed E-state index contributed by atoms with van der Waals surface area (Å²) in [6.07, 6.45) is 0.272. The van der Waals surface area contributed by atoms with Crippen molar-refractivity contribution in [3.05, 3.63) is 29.8 Å². The predicted molar refractivity (Wildman–Crippen MR) is 71.7 cm³/mol. The number of aryl methyl sites for hydroxylation is 1. The summed E-state index contributed by atoms with van der Waals surface area (Å²) in [5.74, 6) is 0. The molecule has 1 fully saturated rings. The van der Waals surface area contributed by atoms with Gasteiger partial charge in [-0.1, -0.05) is 12.1 Å². The molecule has 17 heavy (non-hydrogen) atoms. The summed E-state index contributed by atoms with van der Waals surface area (Å²) in [5.41, 5.74) is 2.55. The van der Waals surface area contributed by atoms with Crippen LogP contribution in [0.4, 0.5) is 5.69 Å². The second-order valence-electron chi connectivity index (χ2n) is 4.80. The SMILES string of the molecule is Cc1cccc(N(C)C(C)C2CNCCO2)c1. The Labute approximate surface area is 104 Å². The Hall–Kier alpha value is -1.06. The molecular weight excluding hydrogens is 212 g/mol. The van der Waals surface area contributed by atoms with Crippen molar-refractivity contribution in [2.75, 3.05) is 31.6 Å². The van der Waals surface area contributed by atoms with Gasteiger partial charge in [0, 0.05) is 25.8 Å². The summed E-state index contributed by atoms with van der Waals surface area (Å²) < 4.78 is 5.81. The van der Waals surface area contributed by atoms with Gasteiger partial charge in [-0.3, -0.25) is 0 Å². The molecule has 0 spiro atoms. The molecule has 2 rings (SSSR count). The minimum Gasteiger partial charge on any atom is -0.373 e. The molecule has 3 nitrogen and oxygen atoms in total. The van der Waals surface area contributed by atoms with E-state index in [0.717, 1.165) is 19.7 Å². The number of nitrogens with one attached hydrogen (secondary N) is 1. The van der Waals surface area contributed by atoms with Crippen molar-refractivity contribution in [2.45, 2.75) is 26.0 Å². The van der Waals surface area contributed by atoms with Gasteiger partial charge in [-0.05, 0) is 31.5 Å². The first kappa shape index (κ1) is 12.4. The Morgan fingerprint density at radius 1 is 1.47 bits per heavy atom. The van der Waals surface area contributed by atoms with Crippen molar-refractivity contribution in [1.82, 2.24) is 5.32 Å². The molecular formula is C14H22N2O. The molecule has 1 heterocycles. The van der Waals surface area contributed by atoms with Gasteiger partial charge in [0.2, 0.25) is 0 Å². The van der Waals surface area contributed by atoms with Crippen LogP contribution in [0.25, 0.3) is 0 Å². The molecule has 0 aromatic heterocycles. The van der Waals surface area contributed by atoms with Crippen LogP contribution in [0.3, 0.4) is 0 Å². The molecule has 1 N–H and O–H groups in total. The average Bonchev–Trinajstić information content (AvgIpc) is 2.38. The summed E-state index contributed by atoms with van der Waals surface area (Å²) in [7, 11) is 2.14. The highest BCUT2D eigenvalue weighted by molar-refractivity contribution is 5.48. The highest BCUT2D eigenvalue weighted by Gasteiger charge is 2.24. The Bertz CT molecular complexity index is 361. The van der Waals surface area contributed by atoms with E-state index in [4.69, 9.17) is 4.74 Å². The van der Waals surface area contributed by atoms with Crippen molar-refractivity contribution >= 4 is 5.69 Å². The van der Waals surface area contributed by atoms with Crippen LogP contribution in [0.5, 0.6) is 0 Å². The van der Waals surface area contributed by atoms with Crippen molar-refractivity contribution in [3.8, 4) is 0 Å². The van der Waals surface area contributed by atoms with Gasteiger partial charge in [0.1, 0.15) is 0 Å². The third kappa shape index (κ3) is 2.99. The van der Waals surface area contributed by atoms with E-state index in [1.807, 2.05) is 0 Å². The molecule has 0 aliphatic carbocycles. The highest BCUT2D eigenvalue weighted by Crippen LogP contribution is 2.19. The van der Waals surface area contributed by atoms with Crippen LogP contribution in [-0.4, -0.2) is 38.9 Å². The van der Waals surface area contributed by atoms with E-state index in [1.54, 1.807) is 0 Å². The van der Waals surface area contributed by atoms with Crippen LogP contribution in [-0.2, 0) is 4.74 Å². The maximum absolute atomic E-state index is 5.81. The fraction of sp³-hybridized carbons (Fsp3) is 0.571. The van der Waals surface area contributed by atoms with Gasteiger partial charge in [-0.2, -0.15) is 0 Å². The van der Waals surface area contributed by atoms with E-state index in [0.29, 0.717) is 6.04 Å². The molecule has 94 valence electrons. The molecule has 1 aromatic carbocycles. The van der Waals surface area contributed by atoms with Crippen LogP contribution in [0, 0.1) is 6.92 Å². The van der Waals surface area contributed by atoms with Gasteiger partial charge in [0.25, 0.3) is 0 Å². The van der Waals surface area contributed by atoms with Crippen molar-refractivity contribution in [2.24, 2.45) is 0 Å². The van der Waals surface area contributed by atoms with E-state index in [1.165, 1.54) is 11.3 Å². The first-order valence-corrected chi connectivity index (χ1v) is 6.30. The second kappa shape index (κ2) is 5.52. The third-order valence-electron chi connectivity index (χ3n) is 3.51. The topological polar surface area (TPSA) is 24.5 Å². The number of hydrogen-bond donors (Lipinski definition) is 1. The van der Waals surface area contributed by atoms with Crippen LogP contribution >= 0.6 is 0 Å². The number of anilines is 1. The van der Waals surface area contributed by atoms with Gasteiger partial charge in [0.15, 0.2) is 0 Å². The smallest absolute Gasteiger partial charge is 0.0899 e. The molecule has 2 unspecified atom stereocenters. The average molecular weight is 234 g/mol. The molecule has 0 bridgehead atoms. The van der Waals surface area contributed by atoms with Crippen LogP contribution in [0.1, 0.15) is 12.5 Å². The Morgan fingerprint density at radius 3 is 2.94 bits per heavy atom. The molecule has 1 aromatic rings. The maximum atomic E-state index is 5.81. The number of likely N-dealkylation sites (N-methyl/N-ethyl adjacent to an activating group) is 1. The lowest BCUT2D eigenvalue weighted by atomic mass is 10.1. The highest BCUT2D eigenvalue weighted by atomic mass is 16.5. The Balaban J connectivity index is 2.05. The second-order valence-corrected chi connectivity index (χ2v) is 4.80. The lowest BCUT2D eigenvalue weighted by Crippen LogP contribution is -2.50. The molecule has 1 aliphatic rings. The lowest BCUT2D eigenvalue weighted by molar-refractivity contribution is 0.0153. The van der Waals surface area contributed by atoms with Crippen molar-refractivity contribution in [1.29, 1.82) is 0 Å². The third-order valence-corrected chi connectivity index (χ3v) is 3.51. The van der Waals surface area contributed by atoms with E-state index >= 15 is 0 Å². The van der Waals surface area contributed by atoms with Gasteiger partial charge >= 0.3 is 0 Å². The summed E-state index contributed by atoms with van der Waals surface area (Å²) >= 11 is 0. The summed E-state index contributed by atoms with van der Waals surface area (Å²) in [5, 5.41) is 3.38. The van der Waals surface area contributed by atoms with E-state index in [-0.39, 0.29) is 6.10 Å². The summed E-state index contributed by atoms with van der Waals surface area (Å²) in [4.78, 5) is 2.30. The summed E-state index contributed by atoms with van der Waals surface area (Å²) in [6, 6.07) is 8.98. The fourth-order valence-corrected chi connectivity index (χ4v) is 2.23. The van der Waals surface area contributed by atoms with Crippen LogP contribution in [0.15, 0.2) is 24.3 Å². The van der Waals surface area contributed by atoms with Crippen LogP contribution < -0.4 is 10.2 Å². The zero-order valence-corrected chi connectivity index (χ0v) is 10.9. The fourth-order valence-electron chi connectivity index (χ4n) is 2.23. The minimum absolute atomic E-state index is 0.272. The lowest BCUT2D eigenvalue weighted by Gasteiger charge is -2.35. The van der Waals surface area contributed by atoms with Gasteiger partial charge in [-0.15, -0.1) is 0 Å². The Kier molecular flexibility index (Phi) is 4.02. The zero-order valence-electron chi connectivity index (χ0n) is 10.9. The zero-order chi connectivity index (χ0) is 12.3. The number of nitrogens with zero attached hydrogens (tertiary/aromatic N) is 1. The largest absolute Gasteiger partial charge is 0.373 e. The first-order chi connectivity index (χ1) is 8.18. The predicted octanol–water partition coefficient (Wildman–Crippen LogP) is 1.81. The van der Waals surface area contributed by atoms with E-state index < -0.39 is 0 Å². The molecule has 1 saturated heterocycles. The monoisotopic (exact) mass is 234 g/mol. The van der Waals surface area contributed by atoms with Gasteiger partial charge in [-0.25, -0.2) is 0 Å². The quantitative estimate of drug-likeness (QED) is 0.863. The van der Waals surface area contributed by atoms with E-state index in [9.17, 15) is 0 Å². The number of rotatable bonds is 3. The molecule has 3 heteroatoms. The number of hydrogen-bond acceptors (Lipinski definition) is 3. The van der Waals surface area contributed by atoms with E-state index in [2.05, 4.69) is 55.4 Å². The molecule has 0 saturated carbocycles. The standard InChI is InChI=1S/C14H22N2O/c1-11-5-4-6-13(9-11)16(3)12(2)14-10-15-7-8-17-14/h4-6,9,12,14-15H,7-8,10H2,1-3H3. The Morgan fingerprint density at radius 2 is 2.29 bits per heavy atom. The van der Waals surface area contributed by atoms with Gasteiger partial charge in [0.05, 0.1) is 18.8 Å². The first-order valence-electron chi connectivity index (χ1n) is 6.30. The number of morpholine rings is 1. The molecule has 0 radical (unpaired) electrons. The van der Waals surface area contributed by atoms with Crippen molar-refractivity contribution < 1.29 is 4.74 Å². The number of benzene rings is 1. The molecule has 0 amide bonds. The molecule has 1 aliphatic heterocycles. The maximum Gasteiger partial charge on any atom is 0.0899 e. The minimum atomic E-state index is 0.272. The molecule has 2 atom stereocenters. The van der Waals surface area contributed by atoms with Gasteiger partial charge < -0.3 is 15.0 Å². The normalized spacial score (nSPS) is 22.2.